The third kappa shape index (κ3) is 3.22. The van der Waals surface area contributed by atoms with E-state index < -0.39 is 10.0 Å². The molecule has 26 heavy (non-hydrogen) atoms. The first kappa shape index (κ1) is 17.1. The number of carbonyl (C=O) groups is 1. The highest BCUT2D eigenvalue weighted by Gasteiger charge is 2.28. The summed E-state index contributed by atoms with van der Waals surface area (Å²) in [6, 6.07) is 14.4. The minimum Gasteiger partial charge on any atom is -0.351 e. The fraction of sp³-hybridized carbons (Fsp3) is 0.167. The number of nitrogens with one attached hydrogen (secondary N) is 2. The summed E-state index contributed by atoms with van der Waals surface area (Å²) in [4.78, 5) is 15.6. The van der Waals surface area contributed by atoms with Crippen LogP contribution in [-0.4, -0.2) is 31.6 Å². The number of aromatic nitrogens is 1. The second kappa shape index (κ2) is 6.44. The first-order valence-electron chi connectivity index (χ1n) is 8.12. The van der Waals surface area contributed by atoms with Gasteiger partial charge in [0.1, 0.15) is 5.69 Å². The lowest BCUT2D eigenvalue weighted by molar-refractivity contribution is 0.102. The fourth-order valence-electron chi connectivity index (χ4n) is 3.09. The lowest BCUT2D eigenvalue weighted by atomic mass is 10.2. The molecule has 2 aromatic carbocycles. The van der Waals surface area contributed by atoms with Crippen molar-refractivity contribution in [1.29, 1.82) is 0 Å². The zero-order chi connectivity index (χ0) is 18.3. The summed E-state index contributed by atoms with van der Waals surface area (Å²) in [5.74, 6) is -0.118. The zero-order valence-corrected chi connectivity index (χ0v) is 16.1. The van der Waals surface area contributed by atoms with Gasteiger partial charge >= 0.3 is 0 Å². The summed E-state index contributed by atoms with van der Waals surface area (Å²) >= 11 is 3.41. The number of carbonyl (C=O) groups excluding carboxylic acids is 1. The van der Waals surface area contributed by atoms with Crippen LogP contribution >= 0.6 is 15.9 Å². The van der Waals surface area contributed by atoms with Crippen LogP contribution in [-0.2, 0) is 10.0 Å². The summed E-state index contributed by atoms with van der Waals surface area (Å²) in [7, 11) is -3.25. The lowest BCUT2D eigenvalue weighted by Gasteiger charge is -2.17. The Morgan fingerprint density at radius 2 is 2.00 bits per heavy atom. The Labute approximate surface area is 159 Å². The molecule has 0 unspecified atom stereocenters. The maximum absolute atomic E-state index is 12.5. The highest BCUT2D eigenvalue weighted by molar-refractivity contribution is 9.10. The molecule has 2 heterocycles. The third-order valence-corrected chi connectivity index (χ3v) is 6.68. The number of halogens is 1. The monoisotopic (exact) mass is 433 g/mol. The molecule has 1 amide bonds. The molecule has 0 aliphatic carbocycles. The molecule has 1 aliphatic rings. The second-order valence-electron chi connectivity index (χ2n) is 6.16. The quantitative estimate of drug-likeness (QED) is 0.659. The predicted octanol–water partition coefficient (Wildman–Crippen LogP) is 3.72. The summed E-state index contributed by atoms with van der Waals surface area (Å²) < 4.78 is 26.5. The van der Waals surface area contributed by atoms with Crippen LogP contribution in [0.25, 0.3) is 10.9 Å². The van der Waals surface area contributed by atoms with Crippen molar-refractivity contribution >= 4 is 54.1 Å². The molecule has 1 fully saturated rings. The Morgan fingerprint density at radius 1 is 1.15 bits per heavy atom. The van der Waals surface area contributed by atoms with Gasteiger partial charge in [0.25, 0.3) is 5.91 Å². The summed E-state index contributed by atoms with van der Waals surface area (Å²) in [5, 5.41) is 3.75. The van der Waals surface area contributed by atoms with Crippen LogP contribution in [0.1, 0.15) is 16.9 Å². The van der Waals surface area contributed by atoms with Crippen LogP contribution in [0.3, 0.4) is 0 Å². The van der Waals surface area contributed by atoms with Crippen LogP contribution in [0, 0.1) is 0 Å². The van der Waals surface area contributed by atoms with Crippen molar-refractivity contribution in [3.8, 4) is 0 Å². The molecule has 1 saturated heterocycles. The second-order valence-corrected chi connectivity index (χ2v) is 9.09. The smallest absolute Gasteiger partial charge is 0.272 e. The predicted molar refractivity (Wildman–Crippen MR) is 106 cm³/mol. The van der Waals surface area contributed by atoms with Crippen LogP contribution in [0.15, 0.2) is 53.0 Å². The number of rotatable bonds is 3. The highest BCUT2D eigenvalue weighted by Crippen LogP contribution is 2.27. The number of benzene rings is 2. The minimum absolute atomic E-state index is 0.161. The largest absolute Gasteiger partial charge is 0.351 e. The average molecular weight is 434 g/mol. The van der Waals surface area contributed by atoms with Crippen LogP contribution in [0.5, 0.6) is 0 Å². The number of hydrogen-bond donors (Lipinski definition) is 2. The first-order chi connectivity index (χ1) is 12.4. The Bertz CT molecular complexity index is 1110. The van der Waals surface area contributed by atoms with Gasteiger partial charge in [-0.05, 0) is 48.9 Å². The summed E-state index contributed by atoms with van der Waals surface area (Å²) in [6.45, 7) is 0.469. The summed E-state index contributed by atoms with van der Waals surface area (Å²) in [6.07, 6.45) is 0.615. The van der Waals surface area contributed by atoms with E-state index in [9.17, 15) is 13.2 Å². The van der Waals surface area contributed by atoms with Gasteiger partial charge in [0.05, 0.1) is 11.4 Å². The molecule has 0 spiro atoms. The van der Waals surface area contributed by atoms with Crippen molar-refractivity contribution in [3.05, 3.63) is 58.7 Å². The van der Waals surface area contributed by atoms with E-state index in [0.29, 0.717) is 30.0 Å². The van der Waals surface area contributed by atoms with Gasteiger partial charge in [0.2, 0.25) is 10.0 Å². The average Bonchev–Trinajstić information content (AvgIpc) is 3.17. The van der Waals surface area contributed by atoms with Gasteiger partial charge in [-0.1, -0.05) is 22.0 Å². The molecular weight excluding hydrogens is 418 g/mol. The van der Waals surface area contributed by atoms with Crippen molar-refractivity contribution in [2.24, 2.45) is 0 Å². The molecule has 0 radical (unpaired) electrons. The molecule has 134 valence electrons. The topological polar surface area (TPSA) is 82.3 Å². The maximum atomic E-state index is 12.5. The van der Waals surface area contributed by atoms with E-state index in [1.807, 2.05) is 18.2 Å². The van der Waals surface area contributed by atoms with Crippen LogP contribution in [0.2, 0.25) is 0 Å². The SMILES string of the molecule is O=C(Nc1cccc(N2CCCS2(=O)=O)c1)c1cc2cc(Br)ccc2[nH]1. The molecule has 1 aliphatic heterocycles. The molecule has 0 saturated carbocycles. The number of sulfonamides is 1. The van der Waals surface area contributed by atoms with E-state index >= 15 is 0 Å². The van der Waals surface area contributed by atoms with E-state index in [-0.39, 0.29) is 11.7 Å². The number of H-pyrrole nitrogens is 1. The van der Waals surface area contributed by atoms with E-state index in [1.165, 1.54) is 4.31 Å². The molecular formula is C18H16BrN3O3S. The van der Waals surface area contributed by atoms with Gasteiger partial charge < -0.3 is 10.3 Å². The van der Waals surface area contributed by atoms with Gasteiger partial charge in [-0.15, -0.1) is 0 Å². The number of anilines is 2. The van der Waals surface area contributed by atoms with Crippen molar-refractivity contribution in [1.82, 2.24) is 4.98 Å². The molecule has 4 rings (SSSR count). The van der Waals surface area contributed by atoms with Crippen LogP contribution < -0.4 is 9.62 Å². The van der Waals surface area contributed by atoms with Gasteiger partial charge in [0.15, 0.2) is 0 Å². The van der Waals surface area contributed by atoms with E-state index in [2.05, 4.69) is 26.2 Å². The standard InChI is InChI=1S/C18H16BrN3O3S/c19-13-5-6-16-12(9-13)10-17(21-16)18(23)20-14-3-1-4-15(11-14)22-7-2-8-26(22,24)25/h1,3-6,9-11,21H,2,7-8H2,(H,20,23). The van der Waals surface area contributed by atoms with E-state index in [4.69, 9.17) is 0 Å². The van der Waals surface area contributed by atoms with Crippen molar-refractivity contribution < 1.29 is 13.2 Å². The highest BCUT2D eigenvalue weighted by atomic mass is 79.9. The summed E-state index contributed by atoms with van der Waals surface area (Å²) in [5.41, 5.74) is 2.43. The number of aromatic amines is 1. The fourth-order valence-corrected chi connectivity index (χ4v) is 5.03. The van der Waals surface area contributed by atoms with Gasteiger partial charge in [-0.25, -0.2) is 8.42 Å². The van der Waals surface area contributed by atoms with Crippen LogP contribution in [0.4, 0.5) is 11.4 Å². The zero-order valence-electron chi connectivity index (χ0n) is 13.7. The normalized spacial score (nSPS) is 16.1. The number of nitrogens with zero attached hydrogens (tertiary/aromatic N) is 1. The van der Waals surface area contributed by atoms with Crippen molar-refractivity contribution in [2.75, 3.05) is 21.9 Å². The molecule has 2 N–H and O–H groups in total. The van der Waals surface area contributed by atoms with E-state index in [0.717, 1.165) is 15.4 Å². The van der Waals surface area contributed by atoms with E-state index in [1.54, 1.807) is 30.3 Å². The number of hydrogen-bond acceptors (Lipinski definition) is 3. The Balaban J connectivity index is 1.58. The molecule has 6 nitrogen and oxygen atoms in total. The Hall–Kier alpha value is -2.32. The third-order valence-electron chi connectivity index (χ3n) is 4.32. The molecule has 3 aromatic rings. The minimum atomic E-state index is -3.25. The Morgan fingerprint density at radius 3 is 2.77 bits per heavy atom. The van der Waals surface area contributed by atoms with Gasteiger partial charge in [0, 0.05) is 27.6 Å². The lowest BCUT2D eigenvalue weighted by Crippen LogP contribution is -2.25. The maximum Gasteiger partial charge on any atom is 0.272 e. The van der Waals surface area contributed by atoms with Gasteiger partial charge in [-0.3, -0.25) is 9.10 Å². The molecule has 8 heteroatoms. The van der Waals surface area contributed by atoms with Gasteiger partial charge in [-0.2, -0.15) is 0 Å². The number of amides is 1. The Kier molecular flexibility index (Phi) is 4.24. The first-order valence-corrected chi connectivity index (χ1v) is 10.5. The molecule has 1 aromatic heterocycles. The van der Waals surface area contributed by atoms with Crippen molar-refractivity contribution in [2.45, 2.75) is 6.42 Å². The molecule has 0 atom stereocenters. The number of fused-ring (bicyclic) bond motifs is 1. The van der Waals surface area contributed by atoms with Crippen molar-refractivity contribution in [3.63, 3.8) is 0 Å². The molecule has 0 bridgehead atoms.